The van der Waals surface area contributed by atoms with Crippen molar-refractivity contribution in [1.82, 2.24) is 14.7 Å². The Morgan fingerprint density at radius 1 is 1.07 bits per heavy atom. The van der Waals surface area contributed by atoms with Crippen molar-refractivity contribution in [1.29, 1.82) is 0 Å². The third kappa shape index (κ3) is 4.20. The Kier molecular flexibility index (Phi) is 6.32. The van der Waals surface area contributed by atoms with Crippen molar-refractivity contribution in [2.75, 3.05) is 39.3 Å². The maximum Gasteiger partial charge on any atom is 0.409 e. The van der Waals surface area contributed by atoms with Gasteiger partial charge in [0.25, 0.3) is 0 Å². The van der Waals surface area contributed by atoms with Gasteiger partial charge in [-0.3, -0.25) is 4.79 Å². The molecular weight excluding hydrogens is 378 g/mol. The zero-order valence-corrected chi connectivity index (χ0v) is 18.4. The molecule has 1 spiro atoms. The molecule has 6 heteroatoms. The molecule has 2 fully saturated rings. The zero-order valence-electron chi connectivity index (χ0n) is 18.4. The quantitative estimate of drug-likeness (QED) is 0.762. The van der Waals surface area contributed by atoms with Gasteiger partial charge in [-0.05, 0) is 56.3 Å². The summed E-state index contributed by atoms with van der Waals surface area (Å²) < 4.78 is 5.29. The number of amides is 2. The number of piperidine rings is 2. The van der Waals surface area contributed by atoms with E-state index in [1.54, 1.807) is 6.92 Å². The molecule has 3 heterocycles. The number of ether oxygens (including phenoxy) is 1. The van der Waals surface area contributed by atoms with Crippen molar-refractivity contribution in [3.05, 3.63) is 35.4 Å². The average Bonchev–Trinajstić information content (AvgIpc) is 2.78. The molecule has 3 aliphatic heterocycles. The number of rotatable bonds is 3. The van der Waals surface area contributed by atoms with E-state index < -0.39 is 0 Å². The van der Waals surface area contributed by atoms with Crippen LogP contribution in [0.1, 0.15) is 57.1 Å². The van der Waals surface area contributed by atoms with Crippen LogP contribution in [0, 0.1) is 0 Å². The fraction of sp³-hybridized carbons (Fsp3) is 0.667. The summed E-state index contributed by atoms with van der Waals surface area (Å²) in [5.74, 6) is 0.175. The van der Waals surface area contributed by atoms with Crippen molar-refractivity contribution in [3.63, 3.8) is 0 Å². The molecule has 164 valence electrons. The standard InChI is InChI=1S/C24H35N3O3/c1-3-16-30-23(29)26-12-8-21(9-13-26)25-14-10-24(11-15-25)18-27(19(2)28)17-20-6-4-5-7-22(20)24/h4-7,21H,3,8-18H2,1-2H3. The van der Waals surface area contributed by atoms with Crippen LogP contribution in [0.2, 0.25) is 0 Å². The molecule has 0 atom stereocenters. The van der Waals surface area contributed by atoms with Crippen molar-refractivity contribution in [2.45, 2.75) is 64.0 Å². The first-order chi connectivity index (χ1) is 14.5. The molecule has 0 radical (unpaired) electrons. The van der Waals surface area contributed by atoms with E-state index in [9.17, 15) is 9.59 Å². The van der Waals surface area contributed by atoms with Gasteiger partial charge in [0.15, 0.2) is 0 Å². The smallest absolute Gasteiger partial charge is 0.409 e. The summed E-state index contributed by atoms with van der Waals surface area (Å²) in [7, 11) is 0. The van der Waals surface area contributed by atoms with Gasteiger partial charge in [0.1, 0.15) is 0 Å². The van der Waals surface area contributed by atoms with E-state index in [4.69, 9.17) is 4.74 Å². The second-order valence-corrected chi connectivity index (χ2v) is 9.18. The van der Waals surface area contributed by atoms with Crippen LogP contribution in [0.4, 0.5) is 4.79 Å². The average molecular weight is 414 g/mol. The Hall–Kier alpha value is -2.08. The number of hydrogen-bond donors (Lipinski definition) is 0. The number of nitrogens with zero attached hydrogens (tertiary/aromatic N) is 3. The van der Waals surface area contributed by atoms with Gasteiger partial charge in [-0.2, -0.15) is 0 Å². The van der Waals surface area contributed by atoms with Gasteiger partial charge >= 0.3 is 6.09 Å². The summed E-state index contributed by atoms with van der Waals surface area (Å²) in [6.07, 6.45) is 4.92. The van der Waals surface area contributed by atoms with E-state index in [1.165, 1.54) is 11.1 Å². The first kappa shape index (κ1) is 21.2. The normalized spacial score (nSPS) is 22.1. The number of benzene rings is 1. The number of hydrogen-bond acceptors (Lipinski definition) is 4. The Bertz CT molecular complexity index is 765. The van der Waals surface area contributed by atoms with Crippen LogP contribution < -0.4 is 0 Å². The zero-order chi connectivity index (χ0) is 21.1. The van der Waals surface area contributed by atoms with Crippen molar-refractivity contribution < 1.29 is 14.3 Å². The lowest BCUT2D eigenvalue weighted by molar-refractivity contribution is -0.131. The molecule has 0 unspecified atom stereocenters. The number of carbonyl (C=O) groups is 2. The number of likely N-dealkylation sites (tertiary alicyclic amines) is 2. The lowest BCUT2D eigenvalue weighted by Crippen LogP contribution is -2.55. The monoisotopic (exact) mass is 413 g/mol. The molecule has 2 amide bonds. The van der Waals surface area contributed by atoms with E-state index in [-0.39, 0.29) is 17.4 Å². The molecule has 1 aromatic carbocycles. The minimum atomic E-state index is -0.156. The summed E-state index contributed by atoms with van der Waals surface area (Å²) in [4.78, 5) is 30.8. The fourth-order valence-corrected chi connectivity index (χ4v) is 5.55. The Labute approximate surface area is 180 Å². The highest BCUT2D eigenvalue weighted by Gasteiger charge is 2.43. The van der Waals surface area contributed by atoms with Crippen LogP contribution in [0.5, 0.6) is 0 Å². The van der Waals surface area contributed by atoms with Gasteiger partial charge in [0, 0.05) is 44.6 Å². The van der Waals surface area contributed by atoms with Gasteiger partial charge < -0.3 is 19.4 Å². The van der Waals surface area contributed by atoms with Crippen LogP contribution in [0.3, 0.4) is 0 Å². The Morgan fingerprint density at radius 3 is 2.43 bits per heavy atom. The predicted octanol–water partition coefficient (Wildman–Crippen LogP) is 3.39. The largest absolute Gasteiger partial charge is 0.449 e. The first-order valence-corrected chi connectivity index (χ1v) is 11.5. The van der Waals surface area contributed by atoms with E-state index in [0.717, 1.165) is 71.4 Å². The highest BCUT2D eigenvalue weighted by Crippen LogP contribution is 2.42. The molecule has 1 aromatic rings. The minimum Gasteiger partial charge on any atom is -0.449 e. The van der Waals surface area contributed by atoms with E-state index >= 15 is 0 Å². The van der Waals surface area contributed by atoms with E-state index in [0.29, 0.717) is 12.6 Å². The lowest BCUT2D eigenvalue weighted by atomic mass is 9.68. The number of fused-ring (bicyclic) bond motifs is 2. The molecule has 30 heavy (non-hydrogen) atoms. The van der Waals surface area contributed by atoms with Gasteiger partial charge in [0.2, 0.25) is 5.91 Å². The minimum absolute atomic E-state index is 0.0850. The topological polar surface area (TPSA) is 53.1 Å². The second kappa shape index (κ2) is 8.96. The molecule has 0 bridgehead atoms. The third-order valence-electron chi connectivity index (χ3n) is 7.31. The number of carbonyl (C=O) groups excluding carboxylic acids is 2. The molecule has 4 rings (SSSR count). The third-order valence-corrected chi connectivity index (χ3v) is 7.31. The SMILES string of the molecule is CCCOC(=O)N1CCC(N2CCC3(CC2)CN(C(C)=O)Cc2ccccc23)CC1. The maximum atomic E-state index is 12.2. The van der Waals surface area contributed by atoms with Gasteiger partial charge in [-0.15, -0.1) is 0 Å². The first-order valence-electron chi connectivity index (χ1n) is 11.5. The van der Waals surface area contributed by atoms with Crippen molar-refractivity contribution >= 4 is 12.0 Å². The van der Waals surface area contributed by atoms with Crippen LogP contribution in [0.25, 0.3) is 0 Å². The fourth-order valence-electron chi connectivity index (χ4n) is 5.55. The van der Waals surface area contributed by atoms with Gasteiger partial charge in [-0.25, -0.2) is 4.79 Å². The molecule has 0 aromatic heterocycles. The molecule has 3 aliphatic rings. The lowest BCUT2D eigenvalue weighted by Gasteiger charge is -2.50. The summed E-state index contributed by atoms with van der Waals surface area (Å²) in [5.41, 5.74) is 2.85. The highest BCUT2D eigenvalue weighted by molar-refractivity contribution is 5.74. The van der Waals surface area contributed by atoms with Crippen LogP contribution in [-0.2, 0) is 21.5 Å². The molecular formula is C24H35N3O3. The Morgan fingerprint density at radius 2 is 1.77 bits per heavy atom. The van der Waals surface area contributed by atoms with Gasteiger partial charge in [-0.1, -0.05) is 31.2 Å². The van der Waals surface area contributed by atoms with Gasteiger partial charge in [0.05, 0.1) is 6.61 Å². The summed E-state index contributed by atoms with van der Waals surface area (Å²) in [6, 6.07) is 9.24. The summed E-state index contributed by atoms with van der Waals surface area (Å²) in [5, 5.41) is 0. The van der Waals surface area contributed by atoms with Crippen molar-refractivity contribution in [2.24, 2.45) is 0 Å². The predicted molar refractivity (Wildman–Crippen MR) is 116 cm³/mol. The summed E-state index contributed by atoms with van der Waals surface area (Å²) in [6.45, 7) is 9.49. The highest BCUT2D eigenvalue weighted by atomic mass is 16.6. The molecule has 0 aliphatic carbocycles. The van der Waals surface area contributed by atoms with Crippen LogP contribution in [0.15, 0.2) is 24.3 Å². The van der Waals surface area contributed by atoms with Crippen LogP contribution in [-0.4, -0.2) is 72.1 Å². The van der Waals surface area contributed by atoms with Crippen molar-refractivity contribution in [3.8, 4) is 0 Å². The van der Waals surface area contributed by atoms with E-state index in [1.807, 2.05) is 16.7 Å². The Balaban J connectivity index is 1.37. The molecule has 6 nitrogen and oxygen atoms in total. The molecule has 0 saturated carbocycles. The summed E-state index contributed by atoms with van der Waals surface area (Å²) >= 11 is 0. The second-order valence-electron chi connectivity index (χ2n) is 9.18. The maximum absolute atomic E-state index is 12.2. The van der Waals surface area contributed by atoms with E-state index in [2.05, 4.69) is 29.2 Å². The molecule has 2 saturated heterocycles. The van der Waals surface area contributed by atoms with Crippen LogP contribution >= 0.6 is 0 Å². The molecule has 0 N–H and O–H groups in total.